The zero-order valence-corrected chi connectivity index (χ0v) is 15.0. The molecule has 0 fully saturated rings. The van der Waals surface area contributed by atoms with Crippen molar-refractivity contribution < 1.29 is 0 Å². The summed E-state index contributed by atoms with van der Waals surface area (Å²) in [5.74, 6) is 1.40. The maximum atomic E-state index is 4.61. The van der Waals surface area contributed by atoms with Gasteiger partial charge < -0.3 is 10.6 Å². The van der Waals surface area contributed by atoms with Gasteiger partial charge >= 0.3 is 0 Å². The highest BCUT2D eigenvalue weighted by molar-refractivity contribution is 7.11. The Morgan fingerprint density at radius 1 is 1.26 bits per heavy atom. The molecule has 0 radical (unpaired) electrons. The van der Waals surface area contributed by atoms with Crippen LogP contribution in [0.15, 0.2) is 41.5 Å². The Morgan fingerprint density at radius 3 is 2.70 bits per heavy atom. The van der Waals surface area contributed by atoms with E-state index in [1.165, 1.54) is 10.4 Å². The molecule has 1 aromatic carbocycles. The van der Waals surface area contributed by atoms with Crippen LogP contribution in [-0.4, -0.2) is 24.0 Å². The fraction of sp³-hybridized carbons (Fsp3) is 0.444. The highest BCUT2D eigenvalue weighted by atomic mass is 32.1. The normalized spacial score (nSPS) is 12.9. The predicted molar refractivity (Wildman–Crippen MR) is 99.1 cm³/mol. The lowest BCUT2D eigenvalue weighted by Gasteiger charge is -2.15. The molecule has 1 unspecified atom stereocenters. The number of thiazole rings is 1. The topological polar surface area (TPSA) is 49.3 Å². The third kappa shape index (κ3) is 6.02. The molecular formula is C18H26N4S. The van der Waals surface area contributed by atoms with E-state index < -0.39 is 0 Å². The number of nitrogens with one attached hydrogen (secondary N) is 2. The first-order chi connectivity index (χ1) is 11.2. The number of hydrogen-bond acceptors (Lipinski definition) is 3. The largest absolute Gasteiger partial charge is 0.357 e. The van der Waals surface area contributed by atoms with Crippen molar-refractivity contribution >= 4 is 17.3 Å². The van der Waals surface area contributed by atoms with Gasteiger partial charge in [-0.15, -0.1) is 11.3 Å². The average Bonchev–Trinajstić information content (AvgIpc) is 2.99. The summed E-state index contributed by atoms with van der Waals surface area (Å²) >= 11 is 1.70. The van der Waals surface area contributed by atoms with Gasteiger partial charge in [0.15, 0.2) is 5.96 Å². The highest BCUT2D eigenvalue weighted by Crippen LogP contribution is 2.17. The lowest BCUT2D eigenvalue weighted by molar-refractivity contribution is 0.652. The summed E-state index contributed by atoms with van der Waals surface area (Å²) in [5, 5.41) is 7.76. The van der Waals surface area contributed by atoms with E-state index in [-0.39, 0.29) is 0 Å². The van der Waals surface area contributed by atoms with Gasteiger partial charge in [-0.25, -0.2) is 9.98 Å². The Morgan fingerprint density at radius 2 is 2.04 bits per heavy atom. The molecule has 1 aromatic heterocycles. The number of rotatable bonds is 7. The van der Waals surface area contributed by atoms with E-state index in [1.54, 1.807) is 11.3 Å². The summed E-state index contributed by atoms with van der Waals surface area (Å²) in [6, 6.07) is 10.6. The van der Waals surface area contributed by atoms with Crippen LogP contribution in [0.2, 0.25) is 0 Å². The molecule has 0 spiro atoms. The minimum atomic E-state index is 0.535. The molecule has 124 valence electrons. The molecule has 0 aliphatic rings. The van der Waals surface area contributed by atoms with Crippen molar-refractivity contribution in [1.82, 2.24) is 15.6 Å². The summed E-state index contributed by atoms with van der Waals surface area (Å²) in [6.07, 6.45) is 2.97. The van der Waals surface area contributed by atoms with Crippen molar-refractivity contribution in [1.29, 1.82) is 0 Å². The third-order valence-electron chi connectivity index (χ3n) is 3.62. The molecule has 1 atom stereocenters. The predicted octanol–water partition coefficient (Wildman–Crippen LogP) is 3.70. The Hall–Kier alpha value is -1.88. The van der Waals surface area contributed by atoms with Gasteiger partial charge in [-0.2, -0.15) is 0 Å². The molecule has 0 saturated carbocycles. The van der Waals surface area contributed by atoms with Crippen molar-refractivity contribution in [3.8, 4) is 0 Å². The van der Waals surface area contributed by atoms with Crippen LogP contribution in [0.1, 0.15) is 41.6 Å². The summed E-state index contributed by atoms with van der Waals surface area (Å²) < 4.78 is 0. The summed E-state index contributed by atoms with van der Waals surface area (Å²) in [4.78, 5) is 10.2. The number of aromatic nitrogens is 1. The Balaban J connectivity index is 1.82. The standard InChI is InChI=1S/C18H26N4S/c1-4-19-18(22-13-17-21-12-15(3)23-17)20-11-10-14(2)16-8-6-5-7-9-16/h5-9,12,14H,4,10-11,13H2,1-3H3,(H2,19,20,22). The molecule has 0 aliphatic carbocycles. The quantitative estimate of drug-likeness (QED) is 0.601. The molecule has 2 N–H and O–H groups in total. The first kappa shape index (κ1) is 17.5. The Bertz CT molecular complexity index is 606. The minimum Gasteiger partial charge on any atom is -0.357 e. The highest BCUT2D eigenvalue weighted by Gasteiger charge is 2.05. The molecule has 2 aromatic rings. The second-order valence-corrected chi connectivity index (χ2v) is 6.91. The second kappa shape index (κ2) is 9.30. The van der Waals surface area contributed by atoms with Gasteiger partial charge in [-0.3, -0.25) is 0 Å². The maximum Gasteiger partial charge on any atom is 0.191 e. The Kier molecular flexibility index (Phi) is 7.07. The summed E-state index contributed by atoms with van der Waals surface area (Å²) in [5.41, 5.74) is 1.38. The van der Waals surface area contributed by atoms with E-state index in [0.29, 0.717) is 12.5 Å². The van der Waals surface area contributed by atoms with Gasteiger partial charge in [0, 0.05) is 24.2 Å². The monoisotopic (exact) mass is 330 g/mol. The van der Waals surface area contributed by atoms with Crippen molar-refractivity contribution in [2.75, 3.05) is 13.1 Å². The first-order valence-corrected chi connectivity index (χ1v) is 8.99. The smallest absolute Gasteiger partial charge is 0.191 e. The van der Waals surface area contributed by atoms with Crippen molar-refractivity contribution in [3.05, 3.63) is 52.0 Å². The van der Waals surface area contributed by atoms with Gasteiger partial charge in [-0.1, -0.05) is 37.3 Å². The van der Waals surface area contributed by atoms with Crippen molar-refractivity contribution in [3.63, 3.8) is 0 Å². The Labute approximate surface area is 143 Å². The fourth-order valence-electron chi connectivity index (χ4n) is 2.32. The van der Waals surface area contributed by atoms with E-state index in [0.717, 1.165) is 30.5 Å². The fourth-order valence-corrected chi connectivity index (χ4v) is 3.03. The number of nitrogens with zero attached hydrogens (tertiary/aromatic N) is 2. The molecule has 0 saturated heterocycles. The number of aliphatic imine (C=N–C) groups is 1. The maximum absolute atomic E-state index is 4.61. The zero-order chi connectivity index (χ0) is 16.5. The van der Waals surface area contributed by atoms with Crippen LogP contribution in [0.4, 0.5) is 0 Å². The van der Waals surface area contributed by atoms with Gasteiger partial charge in [0.25, 0.3) is 0 Å². The SMILES string of the molecule is CCNC(=NCc1ncc(C)s1)NCCC(C)c1ccccc1. The van der Waals surface area contributed by atoms with Crippen LogP contribution in [0, 0.1) is 6.92 Å². The van der Waals surface area contributed by atoms with Gasteiger partial charge in [0.05, 0.1) is 6.54 Å². The molecule has 2 rings (SSSR count). The lowest BCUT2D eigenvalue weighted by atomic mass is 9.98. The number of benzene rings is 1. The van der Waals surface area contributed by atoms with Crippen LogP contribution in [0.5, 0.6) is 0 Å². The van der Waals surface area contributed by atoms with E-state index in [4.69, 9.17) is 0 Å². The van der Waals surface area contributed by atoms with E-state index >= 15 is 0 Å². The van der Waals surface area contributed by atoms with Gasteiger partial charge in [0.2, 0.25) is 0 Å². The first-order valence-electron chi connectivity index (χ1n) is 8.17. The molecular weight excluding hydrogens is 304 g/mol. The summed E-state index contributed by atoms with van der Waals surface area (Å²) in [7, 11) is 0. The van der Waals surface area contributed by atoms with Gasteiger partial charge in [-0.05, 0) is 31.7 Å². The van der Waals surface area contributed by atoms with E-state index in [9.17, 15) is 0 Å². The minimum absolute atomic E-state index is 0.535. The number of hydrogen-bond donors (Lipinski definition) is 2. The van der Waals surface area contributed by atoms with Crippen LogP contribution >= 0.6 is 11.3 Å². The zero-order valence-electron chi connectivity index (χ0n) is 14.2. The van der Waals surface area contributed by atoms with Crippen LogP contribution in [0.25, 0.3) is 0 Å². The number of aryl methyl sites for hydroxylation is 1. The molecule has 0 aliphatic heterocycles. The van der Waals surface area contributed by atoms with Crippen LogP contribution < -0.4 is 10.6 Å². The number of guanidine groups is 1. The molecule has 4 nitrogen and oxygen atoms in total. The molecule has 5 heteroatoms. The van der Waals surface area contributed by atoms with Crippen molar-refractivity contribution in [2.45, 2.75) is 39.7 Å². The van der Waals surface area contributed by atoms with Gasteiger partial charge in [0.1, 0.15) is 5.01 Å². The second-order valence-electron chi connectivity index (χ2n) is 5.59. The third-order valence-corrected chi connectivity index (χ3v) is 4.52. The lowest BCUT2D eigenvalue weighted by Crippen LogP contribution is -2.38. The average molecular weight is 331 g/mol. The molecule has 1 heterocycles. The van der Waals surface area contributed by atoms with E-state index in [2.05, 4.69) is 71.7 Å². The molecule has 0 amide bonds. The molecule has 23 heavy (non-hydrogen) atoms. The van der Waals surface area contributed by atoms with Crippen LogP contribution in [0.3, 0.4) is 0 Å². The van der Waals surface area contributed by atoms with Crippen LogP contribution in [-0.2, 0) is 6.54 Å². The summed E-state index contributed by atoms with van der Waals surface area (Å²) in [6.45, 7) is 8.80. The molecule has 0 bridgehead atoms. The van der Waals surface area contributed by atoms with Crippen molar-refractivity contribution in [2.24, 2.45) is 4.99 Å². The van der Waals surface area contributed by atoms with E-state index in [1.807, 2.05) is 6.20 Å².